The quantitative estimate of drug-likeness (QED) is 0.790. The van der Waals surface area contributed by atoms with Crippen molar-refractivity contribution < 1.29 is 9.47 Å². The summed E-state index contributed by atoms with van der Waals surface area (Å²) < 4.78 is 11.5. The molecule has 0 aliphatic carbocycles. The lowest BCUT2D eigenvalue weighted by Gasteiger charge is -2.22. The molecule has 88 valence electrons. The summed E-state index contributed by atoms with van der Waals surface area (Å²) in [5, 5.41) is 0. The molecule has 1 saturated heterocycles. The molecule has 16 heavy (non-hydrogen) atoms. The molecule has 3 unspecified atom stereocenters. The van der Waals surface area contributed by atoms with Gasteiger partial charge in [-0.1, -0.05) is 53.2 Å². The van der Waals surface area contributed by atoms with E-state index in [2.05, 4.69) is 47.1 Å². The van der Waals surface area contributed by atoms with Crippen LogP contribution in [0.2, 0.25) is 0 Å². The molecule has 0 amide bonds. The highest BCUT2D eigenvalue weighted by molar-refractivity contribution is 9.09. The Balaban J connectivity index is 2.00. The maximum atomic E-state index is 6.09. The number of rotatable bonds is 4. The van der Waals surface area contributed by atoms with Gasteiger partial charge in [0.25, 0.3) is 0 Å². The van der Waals surface area contributed by atoms with E-state index in [0.717, 1.165) is 13.0 Å². The third-order valence-corrected chi connectivity index (χ3v) is 3.70. The normalized spacial score (nSPS) is 26.9. The van der Waals surface area contributed by atoms with Gasteiger partial charge >= 0.3 is 0 Å². The highest BCUT2D eigenvalue weighted by Crippen LogP contribution is 2.27. The predicted molar refractivity (Wildman–Crippen MR) is 67.9 cm³/mol. The third-order valence-electron chi connectivity index (χ3n) is 2.84. The summed E-state index contributed by atoms with van der Waals surface area (Å²) in [6.07, 6.45) is 1.33. The van der Waals surface area contributed by atoms with E-state index in [1.165, 1.54) is 5.56 Å². The Hall–Kier alpha value is -0.380. The Bertz CT molecular complexity index is 315. The van der Waals surface area contributed by atoms with E-state index in [-0.39, 0.29) is 12.2 Å². The summed E-state index contributed by atoms with van der Waals surface area (Å²) in [4.78, 5) is 0.324. The van der Waals surface area contributed by atoms with E-state index in [0.29, 0.717) is 11.4 Å². The second-order valence-electron chi connectivity index (χ2n) is 4.04. The first kappa shape index (κ1) is 12.1. The van der Waals surface area contributed by atoms with E-state index in [1.807, 2.05) is 6.07 Å². The van der Waals surface area contributed by atoms with Gasteiger partial charge in [0.1, 0.15) is 0 Å². The van der Waals surface area contributed by atoms with E-state index in [9.17, 15) is 0 Å². The average Bonchev–Trinajstić information content (AvgIpc) is 2.73. The molecule has 2 rings (SSSR count). The van der Waals surface area contributed by atoms with Gasteiger partial charge in [-0.25, -0.2) is 0 Å². The molecule has 0 bridgehead atoms. The summed E-state index contributed by atoms with van der Waals surface area (Å²) in [5.74, 6) is 0. The number of ether oxygens (including phenoxy) is 2. The van der Waals surface area contributed by atoms with Crippen molar-refractivity contribution >= 4 is 15.9 Å². The molecule has 2 nitrogen and oxygen atoms in total. The number of benzene rings is 1. The molecule has 3 atom stereocenters. The minimum Gasteiger partial charge on any atom is -0.377 e. The number of hydrogen-bond acceptors (Lipinski definition) is 2. The zero-order valence-corrected chi connectivity index (χ0v) is 11.0. The monoisotopic (exact) mass is 284 g/mol. The van der Waals surface area contributed by atoms with Gasteiger partial charge in [-0.15, -0.1) is 0 Å². The zero-order chi connectivity index (χ0) is 11.4. The molecular formula is C13H17BrO2. The van der Waals surface area contributed by atoms with Gasteiger partial charge in [0.2, 0.25) is 0 Å². The van der Waals surface area contributed by atoms with Crippen LogP contribution in [0.25, 0.3) is 0 Å². The smallest absolute Gasteiger partial charge is 0.0963 e. The fourth-order valence-electron chi connectivity index (χ4n) is 1.92. The van der Waals surface area contributed by atoms with Crippen molar-refractivity contribution in [2.75, 3.05) is 13.2 Å². The Morgan fingerprint density at radius 1 is 1.38 bits per heavy atom. The molecule has 0 N–H and O–H groups in total. The lowest BCUT2D eigenvalue weighted by Crippen LogP contribution is -2.24. The van der Waals surface area contributed by atoms with Gasteiger partial charge in [-0.3, -0.25) is 0 Å². The minimum atomic E-state index is 0.171. The molecule has 1 heterocycles. The molecule has 0 radical (unpaired) electrons. The fraction of sp³-hybridized carbons (Fsp3) is 0.538. The van der Waals surface area contributed by atoms with Crippen molar-refractivity contribution in [2.45, 2.75) is 30.4 Å². The number of hydrogen-bond donors (Lipinski definition) is 0. The first-order valence-electron chi connectivity index (χ1n) is 5.73. The standard InChI is InChI=1S/C13H17BrO2/c1-2-12(10-6-4-3-5-7-10)16-13-9-15-8-11(13)14/h3-7,11-13H,2,8-9H2,1H3. The summed E-state index contributed by atoms with van der Waals surface area (Å²) in [7, 11) is 0. The first-order chi connectivity index (χ1) is 7.81. The fourth-order valence-corrected chi connectivity index (χ4v) is 2.39. The van der Waals surface area contributed by atoms with Crippen LogP contribution in [0.1, 0.15) is 25.0 Å². The van der Waals surface area contributed by atoms with Crippen LogP contribution in [0.15, 0.2) is 30.3 Å². The number of alkyl halides is 1. The van der Waals surface area contributed by atoms with Crippen LogP contribution in [0.5, 0.6) is 0 Å². The Morgan fingerprint density at radius 3 is 2.69 bits per heavy atom. The molecule has 1 aliphatic rings. The molecule has 3 heteroatoms. The largest absolute Gasteiger partial charge is 0.377 e. The molecule has 1 aromatic carbocycles. The molecule has 1 fully saturated rings. The molecule has 1 aromatic rings. The Kier molecular flexibility index (Phi) is 4.38. The van der Waals surface area contributed by atoms with Crippen molar-refractivity contribution in [3.05, 3.63) is 35.9 Å². The minimum absolute atomic E-state index is 0.171. The molecule has 1 aliphatic heterocycles. The maximum Gasteiger partial charge on any atom is 0.0963 e. The topological polar surface area (TPSA) is 18.5 Å². The van der Waals surface area contributed by atoms with Crippen LogP contribution in [0, 0.1) is 0 Å². The maximum absolute atomic E-state index is 6.09. The van der Waals surface area contributed by atoms with Crippen molar-refractivity contribution in [3.8, 4) is 0 Å². The first-order valence-corrected chi connectivity index (χ1v) is 6.65. The van der Waals surface area contributed by atoms with Crippen LogP contribution in [-0.2, 0) is 9.47 Å². The van der Waals surface area contributed by atoms with E-state index < -0.39 is 0 Å². The summed E-state index contributed by atoms with van der Waals surface area (Å²) >= 11 is 3.58. The van der Waals surface area contributed by atoms with Crippen LogP contribution in [0.4, 0.5) is 0 Å². The average molecular weight is 285 g/mol. The molecule has 0 saturated carbocycles. The highest BCUT2D eigenvalue weighted by Gasteiger charge is 2.29. The van der Waals surface area contributed by atoms with Gasteiger partial charge in [-0.05, 0) is 12.0 Å². The van der Waals surface area contributed by atoms with E-state index in [1.54, 1.807) is 0 Å². The van der Waals surface area contributed by atoms with Crippen molar-refractivity contribution in [1.29, 1.82) is 0 Å². The van der Waals surface area contributed by atoms with Crippen LogP contribution >= 0.6 is 15.9 Å². The highest BCUT2D eigenvalue weighted by atomic mass is 79.9. The second kappa shape index (κ2) is 5.80. The third kappa shape index (κ3) is 2.84. The van der Waals surface area contributed by atoms with Gasteiger partial charge in [0, 0.05) is 0 Å². The van der Waals surface area contributed by atoms with Crippen molar-refractivity contribution in [3.63, 3.8) is 0 Å². The Labute approximate surface area is 105 Å². The van der Waals surface area contributed by atoms with Gasteiger partial charge in [0.15, 0.2) is 0 Å². The summed E-state index contributed by atoms with van der Waals surface area (Å²) in [6, 6.07) is 10.4. The predicted octanol–water partition coefficient (Wildman–Crippen LogP) is 3.32. The van der Waals surface area contributed by atoms with Gasteiger partial charge in [-0.2, -0.15) is 0 Å². The van der Waals surface area contributed by atoms with Crippen LogP contribution in [-0.4, -0.2) is 24.1 Å². The van der Waals surface area contributed by atoms with Crippen LogP contribution < -0.4 is 0 Å². The second-order valence-corrected chi connectivity index (χ2v) is 5.21. The molecular weight excluding hydrogens is 268 g/mol. The lowest BCUT2D eigenvalue weighted by molar-refractivity contribution is -0.0167. The Morgan fingerprint density at radius 2 is 2.12 bits per heavy atom. The zero-order valence-electron chi connectivity index (χ0n) is 9.43. The SMILES string of the molecule is CCC(OC1COCC1Br)c1ccccc1. The van der Waals surface area contributed by atoms with Gasteiger partial charge < -0.3 is 9.47 Å². The lowest BCUT2D eigenvalue weighted by atomic mass is 10.1. The van der Waals surface area contributed by atoms with Gasteiger partial charge in [0.05, 0.1) is 30.2 Å². The summed E-state index contributed by atoms with van der Waals surface area (Å²) in [5.41, 5.74) is 1.25. The van der Waals surface area contributed by atoms with Crippen LogP contribution in [0.3, 0.4) is 0 Å². The summed E-state index contributed by atoms with van der Waals surface area (Å²) in [6.45, 7) is 3.59. The van der Waals surface area contributed by atoms with Crippen molar-refractivity contribution in [2.24, 2.45) is 0 Å². The number of halogens is 1. The van der Waals surface area contributed by atoms with E-state index in [4.69, 9.17) is 9.47 Å². The molecule has 0 aromatic heterocycles. The van der Waals surface area contributed by atoms with E-state index >= 15 is 0 Å². The molecule has 0 spiro atoms. The van der Waals surface area contributed by atoms with Crippen molar-refractivity contribution in [1.82, 2.24) is 0 Å².